The van der Waals surface area contributed by atoms with Gasteiger partial charge in [0.15, 0.2) is 11.4 Å². The third-order valence-electron chi connectivity index (χ3n) is 2.75. The molecule has 0 spiro atoms. The Morgan fingerprint density at radius 3 is 2.35 bits per heavy atom. The number of carboxylic acid groups (broad SMARTS) is 1. The Morgan fingerprint density at radius 2 is 1.75 bits per heavy atom. The van der Waals surface area contributed by atoms with Gasteiger partial charge in [-0.2, -0.15) is 0 Å². The highest BCUT2D eigenvalue weighted by atomic mass is 16.4. The van der Waals surface area contributed by atoms with E-state index in [1.165, 1.54) is 12.4 Å². The van der Waals surface area contributed by atoms with E-state index in [1.54, 1.807) is 6.07 Å². The lowest BCUT2D eigenvalue weighted by Crippen LogP contribution is -2.19. The van der Waals surface area contributed by atoms with Crippen LogP contribution in [-0.2, 0) is 0 Å². The number of rotatable bonds is 3. The van der Waals surface area contributed by atoms with E-state index in [0.29, 0.717) is 5.69 Å². The third-order valence-corrected chi connectivity index (χ3v) is 2.75. The molecule has 0 saturated carbocycles. The van der Waals surface area contributed by atoms with Gasteiger partial charge in [0, 0.05) is 18.1 Å². The smallest absolute Gasteiger partial charge is 0.356 e. The molecule has 0 aliphatic carbocycles. The standard InChI is InChI=1S/C14H13N3O3/c1-8-3-4-10(9(2)7-8)17-13(18)11-12(14(19)20)16-6-5-15-11/h3-7H,1-2H3,(H,17,18)(H,19,20). The minimum atomic E-state index is -1.29. The fraction of sp³-hybridized carbons (Fsp3) is 0.143. The normalized spacial score (nSPS) is 10.1. The number of carboxylic acids is 1. The first kappa shape index (κ1) is 13.7. The van der Waals surface area contributed by atoms with Crippen LogP contribution in [0.5, 0.6) is 0 Å². The molecule has 20 heavy (non-hydrogen) atoms. The topological polar surface area (TPSA) is 92.2 Å². The molecule has 0 saturated heterocycles. The second kappa shape index (κ2) is 5.48. The second-order valence-electron chi connectivity index (χ2n) is 4.33. The van der Waals surface area contributed by atoms with Crippen molar-refractivity contribution in [3.63, 3.8) is 0 Å². The second-order valence-corrected chi connectivity index (χ2v) is 4.33. The number of hydrogen-bond acceptors (Lipinski definition) is 4. The number of amides is 1. The van der Waals surface area contributed by atoms with Gasteiger partial charge in [-0.05, 0) is 25.5 Å². The highest BCUT2D eigenvalue weighted by Gasteiger charge is 2.19. The van der Waals surface area contributed by atoms with Crippen LogP contribution in [0.4, 0.5) is 5.69 Å². The summed E-state index contributed by atoms with van der Waals surface area (Å²) in [6.45, 7) is 3.81. The lowest BCUT2D eigenvalue weighted by Gasteiger charge is -2.09. The van der Waals surface area contributed by atoms with E-state index in [0.717, 1.165) is 11.1 Å². The van der Waals surface area contributed by atoms with Crippen molar-refractivity contribution < 1.29 is 14.7 Å². The molecule has 0 atom stereocenters. The summed E-state index contributed by atoms with van der Waals surface area (Å²) in [5.41, 5.74) is 2.00. The van der Waals surface area contributed by atoms with E-state index in [4.69, 9.17) is 5.11 Å². The summed E-state index contributed by atoms with van der Waals surface area (Å²) in [7, 11) is 0. The maximum Gasteiger partial charge on any atom is 0.356 e. The van der Waals surface area contributed by atoms with Crippen molar-refractivity contribution in [1.29, 1.82) is 0 Å². The van der Waals surface area contributed by atoms with Crippen molar-refractivity contribution in [1.82, 2.24) is 9.97 Å². The van der Waals surface area contributed by atoms with Gasteiger partial charge in [0.1, 0.15) is 0 Å². The van der Waals surface area contributed by atoms with Crippen LogP contribution in [0.2, 0.25) is 0 Å². The number of carbonyl (C=O) groups excluding carboxylic acids is 1. The summed E-state index contributed by atoms with van der Waals surface area (Å²) < 4.78 is 0. The first-order valence-electron chi connectivity index (χ1n) is 5.92. The van der Waals surface area contributed by atoms with Crippen LogP contribution in [-0.4, -0.2) is 27.0 Å². The van der Waals surface area contributed by atoms with E-state index in [-0.39, 0.29) is 11.4 Å². The zero-order valence-electron chi connectivity index (χ0n) is 11.0. The lowest BCUT2D eigenvalue weighted by molar-refractivity contribution is 0.0685. The molecule has 102 valence electrons. The zero-order valence-corrected chi connectivity index (χ0v) is 11.0. The predicted octanol–water partition coefficient (Wildman–Crippen LogP) is 2.04. The van der Waals surface area contributed by atoms with E-state index >= 15 is 0 Å². The van der Waals surface area contributed by atoms with Gasteiger partial charge < -0.3 is 10.4 Å². The molecule has 6 heteroatoms. The lowest BCUT2D eigenvalue weighted by atomic mass is 10.1. The Kier molecular flexibility index (Phi) is 3.74. The van der Waals surface area contributed by atoms with Crippen molar-refractivity contribution in [2.24, 2.45) is 0 Å². The fourth-order valence-electron chi connectivity index (χ4n) is 1.80. The number of hydrogen-bond donors (Lipinski definition) is 2. The van der Waals surface area contributed by atoms with Gasteiger partial charge >= 0.3 is 5.97 Å². The van der Waals surface area contributed by atoms with E-state index in [2.05, 4.69) is 15.3 Å². The summed E-state index contributed by atoms with van der Waals surface area (Å²) in [5.74, 6) is -1.88. The van der Waals surface area contributed by atoms with Gasteiger partial charge in [0.05, 0.1) is 0 Å². The quantitative estimate of drug-likeness (QED) is 0.891. The van der Waals surface area contributed by atoms with Crippen molar-refractivity contribution in [3.05, 3.63) is 53.1 Å². The summed E-state index contributed by atoms with van der Waals surface area (Å²) in [6.07, 6.45) is 2.51. The SMILES string of the molecule is Cc1ccc(NC(=O)c2nccnc2C(=O)O)c(C)c1. The van der Waals surface area contributed by atoms with Crippen molar-refractivity contribution >= 4 is 17.6 Å². The van der Waals surface area contributed by atoms with E-state index in [9.17, 15) is 9.59 Å². The van der Waals surface area contributed by atoms with E-state index < -0.39 is 11.9 Å². The average molecular weight is 271 g/mol. The Labute approximate surface area is 115 Å². The molecule has 1 heterocycles. The van der Waals surface area contributed by atoms with Crippen LogP contribution >= 0.6 is 0 Å². The van der Waals surface area contributed by atoms with E-state index in [1.807, 2.05) is 26.0 Å². The Morgan fingerprint density at radius 1 is 1.10 bits per heavy atom. The third kappa shape index (κ3) is 2.80. The van der Waals surface area contributed by atoms with Crippen LogP contribution in [0, 0.1) is 13.8 Å². The molecule has 1 aromatic heterocycles. The molecule has 0 unspecified atom stereocenters. The minimum Gasteiger partial charge on any atom is -0.476 e. The number of nitrogens with zero attached hydrogens (tertiary/aromatic N) is 2. The number of anilines is 1. The Hall–Kier alpha value is -2.76. The first-order valence-corrected chi connectivity index (χ1v) is 5.92. The van der Waals surface area contributed by atoms with Gasteiger partial charge in [-0.25, -0.2) is 14.8 Å². The molecule has 2 N–H and O–H groups in total. The minimum absolute atomic E-state index is 0.208. The fourth-order valence-corrected chi connectivity index (χ4v) is 1.80. The maximum absolute atomic E-state index is 12.1. The number of benzene rings is 1. The number of carbonyl (C=O) groups is 2. The van der Waals surface area contributed by atoms with Gasteiger partial charge in [0.25, 0.3) is 5.91 Å². The molecule has 0 aliphatic rings. The van der Waals surface area contributed by atoms with Crippen LogP contribution < -0.4 is 5.32 Å². The maximum atomic E-state index is 12.1. The molecule has 2 rings (SSSR count). The summed E-state index contributed by atoms with van der Waals surface area (Å²) in [4.78, 5) is 30.5. The van der Waals surface area contributed by atoms with Gasteiger partial charge in [-0.3, -0.25) is 4.79 Å². The van der Waals surface area contributed by atoms with Gasteiger partial charge in [-0.15, -0.1) is 0 Å². The molecule has 1 amide bonds. The highest BCUT2D eigenvalue weighted by Crippen LogP contribution is 2.17. The van der Waals surface area contributed by atoms with Crippen LogP contribution in [0.15, 0.2) is 30.6 Å². The molecular weight excluding hydrogens is 258 g/mol. The molecule has 0 radical (unpaired) electrons. The molecule has 6 nitrogen and oxygen atoms in total. The first-order chi connectivity index (χ1) is 9.49. The molecule has 1 aromatic carbocycles. The Bertz CT molecular complexity index is 683. The van der Waals surface area contributed by atoms with Crippen LogP contribution in [0.1, 0.15) is 32.1 Å². The van der Waals surface area contributed by atoms with Crippen LogP contribution in [0.3, 0.4) is 0 Å². The number of aromatic carboxylic acids is 1. The van der Waals surface area contributed by atoms with Crippen LogP contribution in [0.25, 0.3) is 0 Å². The Balaban J connectivity index is 2.31. The summed E-state index contributed by atoms with van der Waals surface area (Å²) >= 11 is 0. The monoisotopic (exact) mass is 271 g/mol. The molecule has 0 aliphatic heterocycles. The summed E-state index contributed by atoms with van der Waals surface area (Å²) in [5, 5.41) is 11.6. The molecule has 0 bridgehead atoms. The summed E-state index contributed by atoms with van der Waals surface area (Å²) in [6, 6.07) is 5.54. The molecular formula is C14H13N3O3. The van der Waals surface area contributed by atoms with Gasteiger partial charge in [0.2, 0.25) is 0 Å². The number of nitrogens with one attached hydrogen (secondary N) is 1. The van der Waals surface area contributed by atoms with Gasteiger partial charge in [-0.1, -0.05) is 17.7 Å². The largest absolute Gasteiger partial charge is 0.476 e. The van der Waals surface area contributed by atoms with Crippen molar-refractivity contribution in [3.8, 4) is 0 Å². The zero-order chi connectivity index (χ0) is 14.7. The van der Waals surface area contributed by atoms with Crippen molar-refractivity contribution in [2.75, 3.05) is 5.32 Å². The average Bonchev–Trinajstić information content (AvgIpc) is 2.41. The molecule has 2 aromatic rings. The highest BCUT2D eigenvalue weighted by molar-refractivity contribution is 6.08. The number of aryl methyl sites for hydroxylation is 2. The van der Waals surface area contributed by atoms with Crippen molar-refractivity contribution in [2.45, 2.75) is 13.8 Å². The molecule has 0 fully saturated rings. The number of aromatic nitrogens is 2. The predicted molar refractivity (Wildman–Crippen MR) is 72.9 cm³/mol.